The number of halogens is 1. The molecule has 0 saturated carbocycles. The molecule has 0 aromatic heterocycles. The average Bonchev–Trinajstić information content (AvgIpc) is 3.57. The number of benzene rings is 3. The van der Waals surface area contributed by atoms with Gasteiger partial charge in [0.15, 0.2) is 6.17 Å². The minimum Gasteiger partial charge on any atom is -0.458 e. The van der Waals surface area contributed by atoms with E-state index >= 15 is 4.39 Å². The molecule has 3 aromatic rings. The Labute approximate surface area is 239 Å². The molecule has 0 radical (unpaired) electrons. The monoisotopic (exact) mass is 558 g/mol. The maximum atomic E-state index is 16.0. The third-order valence-electron chi connectivity index (χ3n) is 7.51. The molecule has 0 bridgehead atoms. The van der Waals surface area contributed by atoms with E-state index in [9.17, 15) is 14.4 Å². The third-order valence-corrected chi connectivity index (χ3v) is 7.51. The lowest BCUT2D eigenvalue weighted by Gasteiger charge is -2.31. The van der Waals surface area contributed by atoms with Gasteiger partial charge in [0.1, 0.15) is 24.3 Å². The number of fused-ring (bicyclic) bond motifs is 3. The molecule has 1 fully saturated rings. The van der Waals surface area contributed by atoms with Gasteiger partial charge in [-0.15, -0.1) is 0 Å². The van der Waals surface area contributed by atoms with Crippen LogP contribution in [-0.2, 0) is 19.1 Å². The first-order chi connectivity index (χ1) is 19.6. The van der Waals surface area contributed by atoms with Crippen LogP contribution in [0.3, 0.4) is 0 Å². The summed E-state index contributed by atoms with van der Waals surface area (Å²) in [5.41, 5.74) is 3.75. The van der Waals surface area contributed by atoms with E-state index in [2.05, 4.69) is 5.32 Å². The maximum absolute atomic E-state index is 16.0. The summed E-state index contributed by atoms with van der Waals surface area (Å²) in [6.45, 7) is 5.53. The summed E-state index contributed by atoms with van der Waals surface area (Å²) < 4.78 is 27.1. The van der Waals surface area contributed by atoms with Crippen LogP contribution in [0.15, 0.2) is 78.9 Å². The summed E-state index contributed by atoms with van der Waals surface area (Å²) in [5, 5.41) is 2.49. The van der Waals surface area contributed by atoms with Gasteiger partial charge in [-0.1, -0.05) is 78.9 Å². The summed E-state index contributed by atoms with van der Waals surface area (Å²) in [6, 6.07) is 21.6. The van der Waals surface area contributed by atoms with E-state index in [4.69, 9.17) is 9.47 Å². The third kappa shape index (κ3) is 6.11. The van der Waals surface area contributed by atoms with Crippen LogP contribution in [0, 0.1) is 0 Å². The normalized spacial score (nSPS) is 17.8. The summed E-state index contributed by atoms with van der Waals surface area (Å²) in [5.74, 6) is -1.42. The van der Waals surface area contributed by atoms with Crippen molar-refractivity contribution in [1.82, 2.24) is 10.2 Å². The molecule has 1 N–H and O–H groups in total. The molecule has 0 spiro atoms. The molecule has 1 heterocycles. The lowest BCUT2D eigenvalue weighted by molar-refractivity contribution is -0.163. The number of alkyl carbamates (subject to hydrolysis) is 1. The van der Waals surface area contributed by atoms with Crippen molar-refractivity contribution in [3.8, 4) is 11.1 Å². The fraction of sp³-hybridized carbons (Fsp3) is 0.364. The topological polar surface area (TPSA) is 84.9 Å². The predicted molar refractivity (Wildman–Crippen MR) is 153 cm³/mol. The zero-order valence-electron chi connectivity index (χ0n) is 23.5. The Bertz CT molecular complexity index is 1370. The number of amides is 2. The number of alkyl halides is 1. The summed E-state index contributed by atoms with van der Waals surface area (Å²) in [6.07, 6.45) is -1.79. The lowest BCUT2D eigenvalue weighted by atomic mass is 9.98. The number of nitrogens with one attached hydrogen (secondary N) is 1. The molecule has 8 heteroatoms. The quantitative estimate of drug-likeness (QED) is 0.363. The fourth-order valence-corrected chi connectivity index (χ4v) is 5.68. The van der Waals surface area contributed by atoms with Crippen LogP contribution in [0.4, 0.5) is 9.18 Å². The van der Waals surface area contributed by atoms with Crippen molar-refractivity contribution >= 4 is 18.0 Å². The fourth-order valence-electron chi connectivity index (χ4n) is 5.68. The number of hydrogen-bond acceptors (Lipinski definition) is 5. The van der Waals surface area contributed by atoms with Crippen LogP contribution in [0.5, 0.6) is 0 Å². The van der Waals surface area contributed by atoms with Crippen LogP contribution in [0.25, 0.3) is 11.1 Å². The first-order valence-electron chi connectivity index (χ1n) is 14.0. The van der Waals surface area contributed by atoms with Crippen molar-refractivity contribution in [3.63, 3.8) is 0 Å². The van der Waals surface area contributed by atoms with E-state index in [1.165, 1.54) is 4.90 Å². The highest BCUT2D eigenvalue weighted by molar-refractivity contribution is 5.91. The predicted octanol–water partition coefficient (Wildman–Crippen LogP) is 5.94. The van der Waals surface area contributed by atoms with E-state index < -0.39 is 41.8 Å². The molecule has 41 heavy (non-hydrogen) atoms. The zero-order chi connectivity index (χ0) is 29.1. The van der Waals surface area contributed by atoms with Gasteiger partial charge in [-0.3, -0.25) is 4.79 Å². The molecule has 214 valence electrons. The molecule has 1 unspecified atom stereocenters. The highest BCUT2D eigenvalue weighted by Gasteiger charge is 2.43. The number of esters is 1. The van der Waals surface area contributed by atoms with Gasteiger partial charge >= 0.3 is 12.1 Å². The zero-order valence-corrected chi connectivity index (χ0v) is 23.5. The molecule has 5 rings (SSSR count). The Morgan fingerprint density at radius 3 is 2.12 bits per heavy atom. The highest BCUT2D eigenvalue weighted by atomic mass is 19.1. The summed E-state index contributed by atoms with van der Waals surface area (Å²) in [4.78, 5) is 41.1. The first-order valence-corrected chi connectivity index (χ1v) is 14.0. The lowest BCUT2D eigenvalue weighted by Crippen LogP contribution is -2.54. The van der Waals surface area contributed by atoms with Gasteiger partial charge in [-0.25, -0.2) is 14.0 Å². The number of carbonyl (C=O) groups excluding carboxylic acids is 3. The number of carbonyl (C=O) groups is 3. The average molecular weight is 559 g/mol. The molecule has 1 aliphatic carbocycles. The smallest absolute Gasteiger partial charge is 0.407 e. The van der Waals surface area contributed by atoms with E-state index in [1.54, 1.807) is 51.1 Å². The van der Waals surface area contributed by atoms with E-state index in [0.717, 1.165) is 22.3 Å². The maximum Gasteiger partial charge on any atom is 0.407 e. The van der Waals surface area contributed by atoms with Crippen LogP contribution >= 0.6 is 0 Å². The largest absolute Gasteiger partial charge is 0.458 e. The van der Waals surface area contributed by atoms with Crippen LogP contribution in [-0.4, -0.2) is 53.7 Å². The SMILES string of the molecule is CC(C)(C)OC(=O)[C@@H]1CCCN1C(=O)[C@H](NC(=O)OCC1c2ccccc2-c2ccccc21)C(F)c1ccccc1. The molecular weight excluding hydrogens is 523 g/mol. The molecule has 1 saturated heterocycles. The second-order valence-corrected chi connectivity index (χ2v) is 11.5. The van der Waals surface area contributed by atoms with Gasteiger partial charge in [-0.2, -0.15) is 0 Å². The van der Waals surface area contributed by atoms with Crippen molar-refractivity contribution in [2.45, 2.75) is 63.4 Å². The van der Waals surface area contributed by atoms with E-state index in [-0.39, 0.29) is 24.6 Å². The van der Waals surface area contributed by atoms with E-state index in [1.807, 2.05) is 48.5 Å². The minimum absolute atomic E-state index is 0.0211. The van der Waals surface area contributed by atoms with Crippen LogP contribution < -0.4 is 5.32 Å². The van der Waals surface area contributed by atoms with Gasteiger partial charge in [0.05, 0.1) is 0 Å². The van der Waals surface area contributed by atoms with Crippen molar-refractivity contribution in [1.29, 1.82) is 0 Å². The second-order valence-electron chi connectivity index (χ2n) is 11.5. The Morgan fingerprint density at radius 1 is 0.927 bits per heavy atom. The Kier molecular flexibility index (Phi) is 8.10. The standard InChI is InChI=1S/C33H35FN2O5/c1-33(2,3)41-31(38)27-18-11-19-36(27)30(37)29(28(34)21-12-5-4-6-13-21)35-32(39)40-20-26-24-16-9-7-14-22(24)23-15-8-10-17-25(23)26/h4-10,12-17,26-29H,11,18-20H2,1-3H3,(H,35,39)/t27-,28?,29+/m0/s1. The molecule has 2 aliphatic rings. The molecule has 1 aliphatic heterocycles. The number of hydrogen-bond donors (Lipinski definition) is 1. The van der Waals surface area contributed by atoms with Gasteiger partial charge in [0.2, 0.25) is 5.91 Å². The molecule has 3 atom stereocenters. The van der Waals surface area contributed by atoms with Gasteiger partial charge < -0.3 is 19.7 Å². The first kappa shape index (κ1) is 28.3. The van der Waals surface area contributed by atoms with Crippen molar-refractivity contribution in [3.05, 3.63) is 95.6 Å². The molecule has 3 aromatic carbocycles. The molecular formula is C33H35FN2O5. The van der Waals surface area contributed by atoms with Crippen LogP contribution in [0.2, 0.25) is 0 Å². The van der Waals surface area contributed by atoms with Gasteiger partial charge in [-0.05, 0) is 61.4 Å². The van der Waals surface area contributed by atoms with Gasteiger partial charge in [0, 0.05) is 12.5 Å². The number of nitrogens with zero attached hydrogens (tertiary/aromatic N) is 1. The Morgan fingerprint density at radius 2 is 1.51 bits per heavy atom. The summed E-state index contributed by atoms with van der Waals surface area (Å²) in [7, 11) is 0. The van der Waals surface area contributed by atoms with Crippen molar-refractivity contribution in [2.75, 3.05) is 13.2 Å². The highest BCUT2D eigenvalue weighted by Crippen LogP contribution is 2.44. The van der Waals surface area contributed by atoms with Gasteiger partial charge in [0.25, 0.3) is 0 Å². The van der Waals surface area contributed by atoms with Crippen molar-refractivity contribution in [2.24, 2.45) is 0 Å². The number of likely N-dealkylation sites (tertiary alicyclic amines) is 1. The Balaban J connectivity index is 1.34. The molecule has 7 nitrogen and oxygen atoms in total. The summed E-state index contributed by atoms with van der Waals surface area (Å²) >= 11 is 0. The Hall–Kier alpha value is -4.20. The second kappa shape index (κ2) is 11.7. The van der Waals surface area contributed by atoms with E-state index in [0.29, 0.717) is 12.8 Å². The number of rotatable bonds is 7. The van der Waals surface area contributed by atoms with Crippen molar-refractivity contribution < 1.29 is 28.2 Å². The van der Waals surface area contributed by atoms with Crippen LogP contribution in [0.1, 0.15) is 62.4 Å². The minimum atomic E-state index is -1.86. The number of ether oxygens (including phenoxy) is 2. The molecule has 2 amide bonds.